The Morgan fingerprint density at radius 2 is 0.792 bits per heavy atom. The SMILES string of the molecule is C.C.C.CC[C@@H]1CC1(NC(=O)[C@@H]1C[C@@H](Oc2nc3ccccc3n2CC)CN1C(=O)[C@@H](Nc1cccc(C(F)(F)F)c1)C(C)(C)C)C(=O)OC.CC[C@@H]1CC1(NC(=O)[C@@H]1C[C@@H](Oc2nc3ccccc3s2)CN1C(=O)[C@@H](Nc1cccc(C(F)(F)F)c1)C(C)(C)C)C(=O)OC.CC[C@@H]1C[C@]1(NC(=O)[C@@H]1C[C@@H](Oc2cc(-c3ccccc3)nc3cc(OC)ccc23)CN1C(=O)[C@@H](Nc1cccc(C(F)(F)F)c1)C(C)(C)C)C(=O)OC. The van der Waals surface area contributed by atoms with Crippen LogP contribution < -0.4 is 50.8 Å². The maximum Gasteiger partial charge on any atom is 0.416 e. The van der Waals surface area contributed by atoms with Gasteiger partial charge >= 0.3 is 36.4 Å². The predicted octanol–water partition coefficient (Wildman–Crippen LogP) is 20.2. The lowest BCUT2D eigenvalue weighted by Crippen LogP contribution is -2.57. The molecule has 16 rings (SSSR count). The van der Waals surface area contributed by atoms with Gasteiger partial charge in [0.05, 0.1) is 97.2 Å². The molecule has 3 aliphatic carbocycles. The van der Waals surface area contributed by atoms with Crippen molar-refractivity contribution in [3.05, 3.63) is 193 Å². The number of esters is 3. The van der Waals surface area contributed by atoms with Crippen molar-refractivity contribution >= 4 is 114 Å². The zero-order chi connectivity index (χ0) is 106. The average molecular weight is 2100 g/mol. The van der Waals surface area contributed by atoms with Gasteiger partial charge in [0, 0.05) is 66.0 Å². The van der Waals surface area contributed by atoms with E-state index in [-0.39, 0.29) is 96.0 Å². The van der Waals surface area contributed by atoms with Crippen LogP contribution in [0.4, 0.5) is 56.6 Å². The highest BCUT2D eigenvalue weighted by atomic mass is 32.1. The average Bonchev–Trinajstić information content (AvgIpc) is 1.58. The van der Waals surface area contributed by atoms with Crippen LogP contribution in [0.1, 0.15) is 187 Å². The van der Waals surface area contributed by atoms with Crippen molar-refractivity contribution in [3.63, 3.8) is 0 Å². The molecule has 806 valence electrons. The van der Waals surface area contributed by atoms with Gasteiger partial charge in [0.25, 0.3) is 11.2 Å². The summed E-state index contributed by atoms with van der Waals surface area (Å²) in [5.74, 6) is -3.96. The smallest absolute Gasteiger partial charge is 0.416 e. The molecule has 15 atom stereocenters. The highest BCUT2D eigenvalue weighted by Gasteiger charge is 2.65. The van der Waals surface area contributed by atoms with Crippen molar-refractivity contribution in [2.45, 2.75) is 266 Å². The summed E-state index contributed by atoms with van der Waals surface area (Å²) < 4.78 is 164. The minimum absolute atomic E-state index is 0. The first-order valence-electron chi connectivity index (χ1n) is 48.7. The molecule has 7 aromatic carbocycles. The van der Waals surface area contributed by atoms with Gasteiger partial charge in [-0.05, 0) is 151 Å². The van der Waals surface area contributed by atoms with E-state index in [2.05, 4.69) is 41.9 Å². The summed E-state index contributed by atoms with van der Waals surface area (Å²) in [6.07, 6.45) is -12.1. The van der Waals surface area contributed by atoms with Gasteiger partial charge in [-0.3, -0.25) is 33.3 Å². The molecule has 3 aliphatic heterocycles. The number of rotatable bonds is 30. The van der Waals surface area contributed by atoms with Crippen LogP contribution in [0.3, 0.4) is 0 Å². The lowest BCUT2D eigenvalue weighted by molar-refractivity contribution is -0.149. The summed E-state index contributed by atoms with van der Waals surface area (Å²) >= 11 is 1.35. The molecule has 6 amide bonds. The molecule has 6 heterocycles. The van der Waals surface area contributed by atoms with E-state index >= 15 is 0 Å². The van der Waals surface area contributed by atoms with Crippen LogP contribution in [0.15, 0.2) is 176 Å². The molecule has 6 fully saturated rings. The van der Waals surface area contributed by atoms with Gasteiger partial charge in [0.2, 0.25) is 35.4 Å². The van der Waals surface area contributed by atoms with E-state index in [1.807, 2.05) is 123 Å². The summed E-state index contributed by atoms with van der Waals surface area (Å²) in [4.78, 5) is 142. The quantitative estimate of drug-likeness (QED) is 0.0138. The molecule has 6 N–H and O–H groups in total. The molecule has 6 aliphatic rings. The molecule has 3 saturated carbocycles. The van der Waals surface area contributed by atoms with Gasteiger partial charge in [-0.25, -0.2) is 24.4 Å². The van der Waals surface area contributed by atoms with E-state index in [4.69, 9.17) is 38.1 Å². The predicted molar refractivity (Wildman–Crippen MR) is 551 cm³/mol. The number of thiazole rings is 1. The molecule has 0 radical (unpaired) electrons. The molecule has 39 heteroatoms. The number of aryl methyl sites for hydroxylation is 1. The Balaban J connectivity index is 0.000000211. The van der Waals surface area contributed by atoms with E-state index in [1.165, 1.54) is 83.8 Å². The largest absolute Gasteiger partial charge is 0.497 e. The molecule has 0 bridgehead atoms. The summed E-state index contributed by atoms with van der Waals surface area (Å²) in [6, 6.07) is 40.1. The van der Waals surface area contributed by atoms with Gasteiger partial charge < -0.3 is 79.8 Å². The highest BCUT2D eigenvalue weighted by molar-refractivity contribution is 7.20. The number of anilines is 3. The Morgan fingerprint density at radius 1 is 0.416 bits per heavy atom. The van der Waals surface area contributed by atoms with Crippen molar-refractivity contribution < 1.29 is 116 Å². The van der Waals surface area contributed by atoms with Crippen molar-refractivity contribution in [2.75, 3.05) is 64.0 Å². The number of nitrogens with zero attached hydrogens (tertiary/aromatic N) is 7. The first kappa shape index (κ1) is 116. The molecule has 3 aromatic heterocycles. The van der Waals surface area contributed by atoms with Crippen molar-refractivity contribution in [2.24, 2.45) is 34.0 Å². The number of methoxy groups -OCH3 is 4. The number of pyridine rings is 1. The number of halogens is 9. The summed E-state index contributed by atoms with van der Waals surface area (Å²) in [5, 5.41) is 18.8. The molecular weight excluding hydrogens is 1960 g/mol. The van der Waals surface area contributed by atoms with E-state index in [0.717, 1.165) is 63.2 Å². The van der Waals surface area contributed by atoms with Crippen molar-refractivity contribution in [1.29, 1.82) is 0 Å². The number of aromatic nitrogens is 4. The van der Waals surface area contributed by atoms with Crippen LogP contribution in [0.2, 0.25) is 0 Å². The Morgan fingerprint density at radius 3 is 1.15 bits per heavy atom. The molecule has 2 unspecified atom stereocenters. The molecule has 10 aromatic rings. The maximum absolute atomic E-state index is 14.7. The lowest BCUT2D eigenvalue weighted by Gasteiger charge is -2.36. The van der Waals surface area contributed by atoms with E-state index < -0.39 is 176 Å². The third-order valence-corrected chi connectivity index (χ3v) is 28.9. The number of ether oxygens (including phenoxy) is 7. The number of hydrogen-bond acceptors (Lipinski definition) is 23. The van der Waals surface area contributed by atoms with Crippen LogP contribution in [-0.2, 0) is 82.4 Å². The van der Waals surface area contributed by atoms with Crippen LogP contribution in [0, 0.1) is 34.0 Å². The number of nitrogens with one attached hydrogen (secondary N) is 6. The molecular formula is C110H136F9N13O16S. The first-order chi connectivity index (χ1) is 68.8. The standard InChI is InChI=1S/C41H45F3N4O6.C34H42F3N5O5.C32H37F3N4O5S.3CH4/c1-7-25-22-40(25,38(51)53-6)47-36(49)33-20-29(23-48(33)37(50)35(39(2,3)4)45-27-15-11-14-26(18-27)41(42,43)44)54-34-21-31(24-12-9-8-10-13-24)46-32-19-28(52-5)16-17-30(32)34;1-7-20-18-33(20,30(45)46-6)40-28(43)26-17-23(47-31-39-24-14-9-10-15-25(24)41(31)8-2)19-42(26)29(44)27(32(3,4)5)38-22-13-11-12-21(16-22)34(35,36)37;1-6-18-16-31(18,28(42)43-5)38-26(40)23-15-21(44-29-37-22-12-7-8-13-24(22)45-29)17-39(23)27(41)25(30(2,3)4)36-20-11-9-10-19(14-20)32(33,34)35;;;/h8-19,21,25,29,33,35,45H,7,20,22-23H2,1-6H3,(H,47,49);9-16,20,23,26-27,38H,7-8,17-19H2,1-6H3,(H,40,43);7-14,18,21,23,25,36H,6,15-17H2,1-5H3,(H,38,40);3*1H4/t25-,29-,33+,35-,40-;20-,23-,26+,27-,33?;18-,21-,23+,25-,31?;;;/m111.../s1. The fraction of sp³-hybridized carbons (Fsp3) is 0.491. The fourth-order valence-corrected chi connectivity index (χ4v) is 20.6. The number of hydrogen-bond donors (Lipinski definition) is 6. The minimum Gasteiger partial charge on any atom is -0.497 e. The maximum atomic E-state index is 14.7. The van der Waals surface area contributed by atoms with Crippen LogP contribution >= 0.6 is 11.3 Å². The Kier molecular flexibility index (Phi) is 35.7. The van der Waals surface area contributed by atoms with Gasteiger partial charge in [0.15, 0.2) is 0 Å². The van der Waals surface area contributed by atoms with Crippen molar-refractivity contribution in [3.8, 4) is 34.0 Å². The number of para-hydroxylation sites is 3. The normalized spacial score (nSPS) is 22.4. The number of carbonyl (C=O) groups is 9. The van der Waals surface area contributed by atoms with Crippen LogP contribution in [0.25, 0.3) is 43.4 Å². The number of benzene rings is 7. The topological polar surface area (TPSA) is 344 Å². The molecule has 3 saturated heterocycles. The van der Waals surface area contributed by atoms with E-state index in [0.29, 0.717) is 84.4 Å². The fourth-order valence-electron chi connectivity index (χ4n) is 19.7. The molecule has 149 heavy (non-hydrogen) atoms. The number of amides is 6. The van der Waals surface area contributed by atoms with Gasteiger partial charge in [-0.15, -0.1) is 0 Å². The minimum atomic E-state index is -4.58. The van der Waals surface area contributed by atoms with Crippen molar-refractivity contribution in [1.82, 2.24) is 50.2 Å². The van der Waals surface area contributed by atoms with E-state index in [1.54, 1.807) is 81.6 Å². The second kappa shape index (κ2) is 45.9. The van der Waals surface area contributed by atoms with Gasteiger partial charge in [0.1, 0.15) is 82.7 Å². The van der Waals surface area contributed by atoms with Gasteiger partial charge in [-0.1, -0.05) is 209 Å². The Labute approximate surface area is 866 Å². The number of imidazole rings is 1. The number of carbonyl (C=O) groups excluding carboxylic acids is 9. The molecule has 29 nitrogen and oxygen atoms in total. The van der Waals surface area contributed by atoms with E-state index in [9.17, 15) is 82.7 Å². The summed E-state index contributed by atoms with van der Waals surface area (Å²) in [5.41, 5.74) is -3.65. The number of alkyl halides is 9. The summed E-state index contributed by atoms with van der Waals surface area (Å²) in [7, 11) is 5.37. The third kappa shape index (κ3) is 25.6. The molecule has 0 spiro atoms. The number of fused-ring (bicyclic) bond motifs is 3. The first-order valence-corrected chi connectivity index (χ1v) is 49.5. The lowest BCUT2D eigenvalue weighted by atomic mass is 9.85. The Hall–Kier alpha value is -13.5. The zero-order valence-corrected chi connectivity index (χ0v) is 85.2. The highest BCUT2D eigenvalue weighted by Crippen LogP contribution is 2.51. The third-order valence-electron chi connectivity index (χ3n) is 28.0. The second-order valence-electron chi connectivity index (χ2n) is 41.1. The second-order valence-corrected chi connectivity index (χ2v) is 42.1. The zero-order valence-electron chi connectivity index (χ0n) is 84.3. The van der Waals surface area contributed by atoms with Crippen LogP contribution in [0.5, 0.6) is 22.7 Å². The monoisotopic (exact) mass is 2100 g/mol. The van der Waals surface area contributed by atoms with Crippen LogP contribution in [-0.4, -0.2) is 207 Å². The van der Waals surface area contributed by atoms with Gasteiger partial charge in [-0.2, -0.15) is 44.5 Å². The summed E-state index contributed by atoms with van der Waals surface area (Å²) in [6.45, 7) is 24.4. The number of likely N-dealkylation sites (tertiary alicyclic amines) is 3. The Bertz CT molecular complexity index is 6450.